The minimum Gasteiger partial charge on any atom is -0.385 e. The molecule has 0 radical (unpaired) electrons. The normalized spacial score (nSPS) is 25.5. The van der Waals surface area contributed by atoms with Crippen molar-refractivity contribution in [2.45, 2.75) is 57.2 Å². The summed E-state index contributed by atoms with van der Waals surface area (Å²) in [6.07, 6.45) is 3.92. The molecule has 5 heteroatoms. The van der Waals surface area contributed by atoms with E-state index in [4.69, 9.17) is 4.74 Å². The van der Waals surface area contributed by atoms with Gasteiger partial charge in [0.25, 0.3) is 5.91 Å². The molecular weight excluding hydrogens is 340 g/mol. The molecule has 0 spiro atoms. The number of aliphatic hydroxyl groups is 1. The van der Waals surface area contributed by atoms with Crippen molar-refractivity contribution in [3.05, 3.63) is 41.6 Å². The molecule has 2 aromatic rings. The Hall–Kier alpha value is -1.98. The van der Waals surface area contributed by atoms with E-state index in [0.717, 1.165) is 41.4 Å². The summed E-state index contributed by atoms with van der Waals surface area (Å²) >= 11 is 0. The Morgan fingerprint density at radius 2 is 1.93 bits per heavy atom. The van der Waals surface area contributed by atoms with Crippen LogP contribution in [0.1, 0.15) is 50.3 Å². The molecule has 0 unspecified atom stereocenters. The van der Waals surface area contributed by atoms with Crippen LogP contribution in [0.25, 0.3) is 10.9 Å². The smallest absolute Gasteiger partial charge is 0.254 e. The van der Waals surface area contributed by atoms with Crippen LogP contribution in [0.15, 0.2) is 30.3 Å². The molecule has 3 heterocycles. The lowest BCUT2D eigenvalue weighted by Gasteiger charge is -2.43. The summed E-state index contributed by atoms with van der Waals surface area (Å²) in [6, 6.07) is 10.0. The first-order chi connectivity index (χ1) is 12.9. The number of likely N-dealkylation sites (tertiary alicyclic amines) is 1. The van der Waals surface area contributed by atoms with Gasteiger partial charge in [0.05, 0.1) is 11.1 Å². The SMILES string of the molecule is Cc1ccc2cc(C3(O)CCN(C(=O)[C@@]4(C)CCCCO4)CC3)ccc2n1. The number of ether oxygens (including phenoxy) is 1. The van der Waals surface area contributed by atoms with E-state index in [1.807, 2.05) is 49.1 Å². The number of aromatic nitrogens is 1. The number of benzene rings is 1. The Morgan fingerprint density at radius 1 is 1.15 bits per heavy atom. The van der Waals surface area contributed by atoms with Crippen molar-refractivity contribution < 1.29 is 14.6 Å². The second-order valence-electron chi connectivity index (χ2n) is 8.22. The number of piperidine rings is 1. The molecule has 1 N–H and O–H groups in total. The second kappa shape index (κ2) is 6.88. The molecule has 0 aliphatic carbocycles. The van der Waals surface area contributed by atoms with Gasteiger partial charge in [-0.2, -0.15) is 0 Å². The highest BCUT2D eigenvalue weighted by Crippen LogP contribution is 2.36. The third-order valence-electron chi connectivity index (χ3n) is 6.16. The molecule has 2 aliphatic rings. The summed E-state index contributed by atoms with van der Waals surface area (Å²) in [6.45, 7) is 5.65. The Balaban J connectivity index is 1.49. The van der Waals surface area contributed by atoms with Gasteiger partial charge in [-0.15, -0.1) is 0 Å². The van der Waals surface area contributed by atoms with Crippen molar-refractivity contribution in [1.82, 2.24) is 9.88 Å². The van der Waals surface area contributed by atoms with Gasteiger partial charge < -0.3 is 14.7 Å². The van der Waals surface area contributed by atoms with E-state index in [2.05, 4.69) is 4.98 Å². The lowest BCUT2D eigenvalue weighted by atomic mass is 9.83. The molecule has 2 aliphatic heterocycles. The summed E-state index contributed by atoms with van der Waals surface area (Å²) in [4.78, 5) is 19.3. The lowest BCUT2D eigenvalue weighted by molar-refractivity contribution is -0.165. The van der Waals surface area contributed by atoms with Gasteiger partial charge in [0, 0.05) is 30.8 Å². The number of hydrogen-bond donors (Lipinski definition) is 1. The number of fused-ring (bicyclic) bond motifs is 1. The maximum atomic E-state index is 12.9. The van der Waals surface area contributed by atoms with Gasteiger partial charge in [-0.1, -0.05) is 12.1 Å². The third kappa shape index (κ3) is 3.46. The molecule has 1 aromatic carbocycles. The summed E-state index contributed by atoms with van der Waals surface area (Å²) < 4.78 is 5.81. The van der Waals surface area contributed by atoms with E-state index in [1.54, 1.807) is 0 Å². The predicted molar refractivity (Wildman–Crippen MR) is 104 cm³/mol. The zero-order valence-electron chi connectivity index (χ0n) is 16.2. The van der Waals surface area contributed by atoms with Crippen molar-refractivity contribution in [2.75, 3.05) is 19.7 Å². The van der Waals surface area contributed by atoms with Crippen molar-refractivity contribution in [1.29, 1.82) is 0 Å². The molecule has 5 nitrogen and oxygen atoms in total. The molecular formula is C22H28N2O3. The Morgan fingerprint density at radius 3 is 2.63 bits per heavy atom. The van der Waals surface area contributed by atoms with Gasteiger partial charge in [0.1, 0.15) is 5.60 Å². The lowest BCUT2D eigenvalue weighted by Crippen LogP contribution is -2.54. The molecule has 4 rings (SSSR count). The van der Waals surface area contributed by atoms with Crippen LogP contribution < -0.4 is 0 Å². The highest BCUT2D eigenvalue weighted by molar-refractivity contribution is 5.85. The van der Waals surface area contributed by atoms with Crippen LogP contribution in [0.3, 0.4) is 0 Å². The Bertz CT molecular complexity index is 850. The van der Waals surface area contributed by atoms with Crippen LogP contribution in [0.5, 0.6) is 0 Å². The van der Waals surface area contributed by atoms with E-state index < -0.39 is 11.2 Å². The average molecular weight is 368 g/mol. The zero-order valence-corrected chi connectivity index (χ0v) is 16.2. The van der Waals surface area contributed by atoms with Crippen LogP contribution in [-0.4, -0.2) is 46.2 Å². The Labute approximate surface area is 160 Å². The number of pyridine rings is 1. The van der Waals surface area contributed by atoms with Crippen molar-refractivity contribution in [3.8, 4) is 0 Å². The van der Waals surface area contributed by atoms with E-state index >= 15 is 0 Å². The fourth-order valence-corrected chi connectivity index (χ4v) is 4.32. The fraction of sp³-hybridized carbons (Fsp3) is 0.545. The van der Waals surface area contributed by atoms with Crippen LogP contribution in [0.2, 0.25) is 0 Å². The fourth-order valence-electron chi connectivity index (χ4n) is 4.32. The summed E-state index contributed by atoms with van der Waals surface area (Å²) in [5.41, 5.74) is 1.24. The molecule has 2 saturated heterocycles. The minimum absolute atomic E-state index is 0.0717. The van der Waals surface area contributed by atoms with Crippen molar-refractivity contribution >= 4 is 16.8 Å². The maximum Gasteiger partial charge on any atom is 0.254 e. The van der Waals surface area contributed by atoms with Gasteiger partial charge in [-0.3, -0.25) is 9.78 Å². The molecule has 0 bridgehead atoms. The summed E-state index contributed by atoms with van der Waals surface area (Å²) in [7, 11) is 0. The molecule has 27 heavy (non-hydrogen) atoms. The first kappa shape index (κ1) is 18.4. The molecule has 1 amide bonds. The van der Waals surface area contributed by atoms with Crippen LogP contribution in [0, 0.1) is 6.92 Å². The van der Waals surface area contributed by atoms with Gasteiger partial charge in [-0.05, 0) is 69.7 Å². The Kier molecular flexibility index (Phi) is 4.68. The number of carbonyl (C=O) groups is 1. The highest BCUT2D eigenvalue weighted by atomic mass is 16.5. The van der Waals surface area contributed by atoms with Crippen LogP contribution in [-0.2, 0) is 15.1 Å². The van der Waals surface area contributed by atoms with Gasteiger partial charge in [0.15, 0.2) is 0 Å². The van der Waals surface area contributed by atoms with Gasteiger partial charge in [0.2, 0.25) is 0 Å². The first-order valence-corrected chi connectivity index (χ1v) is 9.93. The number of carbonyl (C=O) groups excluding carboxylic acids is 1. The summed E-state index contributed by atoms with van der Waals surface area (Å²) in [5.74, 6) is 0.0717. The molecule has 1 atom stereocenters. The standard InChI is InChI=1S/C22H28N2O3/c1-16-5-6-17-15-18(7-8-19(17)23-16)22(26)10-12-24(13-11-22)20(25)21(2)9-3-4-14-27-21/h5-8,15,26H,3-4,9-14H2,1-2H3/t21-/m1/s1. The second-order valence-corrected chi connectivity index (χ2v) is 8.22. The molecule has 0 saturated carbocycles. The van der Waals surface area contributed by atoms with Crippen molar-refractivity contribution in [3.63, 3.8) is 0 Å². The summed E-state index contributed by atoms with van der Waals surface area (Å²) in [5, 5.41) is 12.3. The maximum absolute atomic E-state index is 12.9. The number of nitrogens with zero attached hydrogens (tertiary/aromatic N) is 2. The van der Waals surface area contributed by atoms with E-state index in [-0.39, 0.29) is 5.91 Å². The zero-order chi connectivity index (χ0) is 19.1. The van der Waals surface area contributed by atoms with Crippen LogP contribution in [0.4, 0.5) is 0 Å². The number of rotatable bonds is 2. The van der Waals surface area contributed by atoms with Crippen LogP contribution >= 0.6 is 0 Å². The number of amides is 1. The monoisotopic (exact) mass is 368 g/mol. The average Bonchev–Trinajstić information content (AvgIpc) is 2.68. The van der Waals surface area contributed by atoms with Crippen molar-refractivity contribution in [2.24, 2.45) is 0 Å². The predicted octanol–water partition coefficient (Wildman–Crippen LogP) is 3.31. The molecule has 2 fully saturated rings. The number of hydrogen-bond acceptors (Lipinski definition) is 4. The third-order valence-corrected chi connectivity index (χ3v) is 6.16. The van der Waals surface area contributed by atoms with E-state index in [1.165, 1.54) is 0 Å². The van der Waals surface area contributed by atoms with Gasteiger partial charge in [-0.25, -0.2) is 0 Å². The number of aryl methyl sites for hydroxylation is 1. The van der Waals surface area contributed by atoms with Gasteiger partial charge >= 0.3 is 0 Å². The first-order valence-electron chi connectivity index (χ1n) is 9.93. The largest absolute Gasteiger partial charge is 0.385 e. The quantitative estimate of drug-likeness (QED) is 0.883. The van der Waals surface area contributed by atoms with E-state index in [9.17, 15) is 9.90 Å². The highest BCUT2D eigenvalue weighted by Gasteiger charge is 2.42. The minimum atomic E-state index is -0.899. The topological polar surface area (TPSA) is 62.7 Å². The molecule has 144 valence electrons. The molecule has 1 aromatic heterocycles. The van der Waals surface area contributed by atoms with E-state index in [0.29, 0.717) is 32.5 Å².